The summed E-state index contributed by atoms with van der Waals surface area (Å²) in [5, 5.41) is 11.1. The van der Waals surface area contributed by atoms with Gasteiger partial charge >= 0.3 is 0 Å². The van der Waals surface area contributed by atoms with Gasteiger partial charge in [-0.15, -0.1) is 0 Å². The number of sulfonamides is 1. The Morgan fingerprint density at radius 2 is 2.20 bits per heavy atom. The topological polar surface area (TPSA) is 101 Å². The number of nitrogens with two attached hydrogens (primary N) is 1. The molecule has 7 heteroatoms. The summed E-state index contributed by atoms with van der Waals surface area (Å²) in [6.07, 6.45) is 1.81. The van der Waals surface area contributed by atoms with Gasteiger partial charge in [-0.1, -0.05) is 6.07 Å². The molecule has 4 N–H and O–H groups in total. The van der Waals surface area contributed by atoms with E-state index in [4.69, 9.17) is 5.14 Å². The fourth-order valence-electron chi connectivity index (χ4n) is 2.30. The van der Waals surface area contributed by atoms with Crippen LogP contribution in [0, 0.1) is 12.8 Å². The quantitative estimate of drug-likeness (QED) is 0.759. The summed E-state index contributed by atoms with van der Waals surface area (Å²) in [6, 6.07) is 4.71. The van der Waals surface area contributed by atoms with E-state index in [2.05, 4.69) is 10.6 Å². The summed E-state index contributed by atoms with van der Waals surface area (Å²) in [7, 11) is -3.78. The molecule has 1 unspecified atom stereocenters. The third kappa shape index (κ3) is 3.56. The molecule has 1 saturated heterocycles. The van der Waals surface area contributed by atoms with Crippen LogP contribution < -0.4 is 15.8 Å². The monoisotopic (exact) mass is 297 g/mol. The van der Waals surface area contributed by atoms with Gasteiger partial charge in [-0.25, -0.2) is 13.6 Å². The Hall–Kier alpha value is -1.44. The van der Waals surface area contributed by atoms with Crippen LogP contribution in [-0.4, -0.2) is 27.4 Å². The largest absolute Gasteiger partial charge is 0.326 e. The van der Waals surface area contributed by atoms with Gasteiger partial charge in [0.2, 0.25) is 15.9 Å². The minimum atomic E-state index is -3.78. The SMILES string of the molecule is Cc1ccc(NC(=O)C2CCCNC2)cc1S(N)(=O)=O. The Balaban J connectivity index is 2.15. The fourth-order valence-corrected chi connectivity index (χ4v) is 3.11. The molecule has 1 amide bonds. The molecule has 0 bridgehead atoms. The third-order valence-corrected chi connectivity index (χ3v) is 4.48. The van der Waals surface area contributed by atoms with Crippen LogP contribution in [-0.2, 0) is 14.8 Å². The molecule has 1 atom stereocenters. The number of aryl methyl sites for hydroxylation is 1. The summed E-state index contributed by atoms with van der Waals surface area (Å²) in [4.78, 5) is 12.1. The second-order valence-electron chi connectivity index (χ2n) is 5.06. The lowest BCUT2D eigenvalue weighted by Crippen LogP contribution is -2.37. The lowest BCUT2D eigenvalue weighted by molar-refractivity contribution is -0.120. The highest BCUT2D eigenvalue weighted by atomic mass is 32.2. The minimum absolute atomic E-state index is 0.0390. The molecule has 1 aromatic carbocycles. The maximum absolute atomic E-state index is 12.1. The van der Waals surface area contributed by atoms with Crippen molar-refractivity contribution in [3.8, 4) is 0 Å². The van der Waals surface area contributed by atoms with E-state index < -0.39 is 10.0 Å². The van der Waals surface area contributed by atoms with Crippen molar-refractivity contribution in [1.29, 1.82) is 0 Å². The first-order chi connectivity index (χ1) is 9.38. The molecule has 0 saturated carbocycles. The maximum Gasteiger partial charge on any atom is 0.238 e. The highest BCUT2D eigenvalue weighted by molar-refractivity contribution is 7.89. The number of hydrogen-bond acceptors (Lipinski definition) is 4. The molecule has 1 fully saturated rings. The number of piperidine rings is 1. The van der Waals surface area contributed by atoms with E-state index in [9.17, 15) is 13.2 Å². The van der Waals surface area contributed by atoms with Gasteiger partial charge in [0.25, 0.3) is 0 Å². The molecule has 6 nitrogen and oxygen atoms in total. The van der Waals surface area contributed by atoms with Crippen LogP contribution in [0.2, 0.25) is 0 Å². The fraction of sp³-hybridized carbons (Fsp3) is 0.462. The Morgan fingerprint density at radius 1 is 1.45 bits per heavy atom. The van der Waals surface area contributed by atoms with Gasteiger partial charge in [0.1, 0.15) is 0 Å². The summed E-state index contributed by atoms with van der Waals surface area (Å²) in [5.41, 5.74) is 1.01. The van der Waals surface area contributed by atoms with Crippen LogP contribution in [0.1, 0.15) is 18.4 Å². The van der Waals surface area contributed by atoms with Gasteiger partial charge < -0.3 is 10.6 Å². The Bertz CT molecular complexity index is 607. The Labute approximate surface area is 118 Å². The van der Waals surface area contributed by atoms with E-state index in [0.717, 1.165) is 19.4 Å². The number of nitrogens with one attached hydrogen (secondary N) is 2. The molecule has 110 valence electrons. The van der Waals surface area contributed by atoms with Crippen molar-refractivity contribution >= 4 is 21.6 Å². The molecule has 1 aliphatic heterocycles. The first-order valence-electron chi connectivity index (χ1n) is 6.53. The molecule has 1 aromatic rings. The van der Waals surface area contributed by atoms with Gasteiger partial charge in [-0.3, -0.25) is 4.79 Å². The normalized spacial score (nSPS) is 19.6. The predicted molar refractivity (Wildman–Crippen MR) is 76.8 cm³/mol. The molecule has 0 aromatic heterocycles. The lowest BCUT2D eigenvalue weighted by Gasteiger charge is -2.22. The van der Waals surface area contributed by atoms with Gasteiger partial charge in [0.15, 0.2) is 0 Å². The molecular weight excluding hydrogens is 278 g/mol. The van der Waals surface area contributed by atoms with Crippen LogP contribution in [0.4, 0.5) is 5.69 Å². The van der Waals surface area contributed by atoms with Crippen molar-refractivity contribution in [2.75, 3.05) is 18.4 Å². The standard InChI is InChI=1S/C13H19N3O3S/c1-9-4-5-11(7-12(9)20(14,18)19)16-13(17)10-3-2-6-15-8-10/h4-5,7,10,15H,2-3,6,8H2,1H3,(H,16,17)(H2,14,18,19). The second kappa shape index (κ2) is 5.90. The number of benzene rings is 1. The van der Waals surface area contributed by atoms with Crippen LogP contribution in [0.25, 0.3) is 0 Å². The predicted octanol–water partition coefficient (Wildman–Crippen LogP) is 0.581. The van der Waals surface area contributed by atoms with Crippen molar-refractivity contribution < 1.29 is 13.2 Å². The number of primary sulfonamides is 1. The number of amides is 1. The van der Waals surface area contributed by atoms with E-state index in [1.807, 2.05) is 0 Å². The summed E-state index contributed by atoms with van der Waals surface area (Å²) in [5.74, 6) is -0.176. The van der Waals surface area contributed by atoms with E-state index >= 15 is 0 Å². The highest BCUT2D eigenvalue weighted by Crippen LogP contribution is 2.20. The maximum atomic E-state index is 12.1. The average molecular weight is 297 g/mol. The summed E-state index contributed by atoms with van der Waals surface area (Å²) in [6.45, 7) is 3.25. The smallest absolute Gasteiger partial charge is 0.238 e. The zero-order chi connectivity index (χ0) is 14.8. The molecule has 1 aliphatic rings. The summed E-state index contributed by atoms with van der Waals surface area (Å²) >= 11 is 0. The van der Waals surface area contributed by atoms with Gasteiger partial charge in [0.05, 0.1) is 10.8 Å². The molecule has 0 radical (unpaired) electrons. The number of anilines is 1. The first kappa shape index (κ1) is 15.0. The zero-order valence-electron chi connectivity index (χ0n) is 11.3. The van der Waals surface area contributed by atoms with Gasteiger partial charge in [-0.2, -0.15) is 0 Å². The lowest BCUT2D eigenvalue weighted by atomic mass is 9.99. The molecule has 0 aliphatic carbocycles. The average Bonchev–Trinajstić information content (AvgIpc) is 2.40. The van der Waals surface area contributed by atoms with Gasteiger partial charge in [0, 0.05) is 12.2 Å². The van der Waals surface area contributed by atoms with E-state index in [-0.39, 0.29) is 16.7 Å². The van der Waals surface area contributed by atoms with Gasteiger partial charge in [-0.05, 0) is 44.0 Å². The van der Waals surface area contributed by atoms with Crippen LogP contribution >= 0.6 is 0 Å². The third-order valence-electron chi connectivity index (χ3n) is 3.43. The van der Waals surface area contributed by atoms with Crippen LogP contribution in [0.5, 0.6) is 0 Å². The van der Waals surface area contributed by atoms with Crippen molar-refractivity contribution in [3.05, 3.63) is 23.8 Å². The number of rotatable bonds is 3. The number of hydrogen-bond donors (Lipinski definition) is 3. The van der Waals surface area contributed by atoms with Crippen molar-refractivity contribution in [1.82, 2.24) is 5.32 Å². The molecule has 20 heavy (non-hydrogen) atoms. The van der Waals surface area contributed by atoms with Crippen molar-refractivity contribution in [3.63, 3.8) is 0 Å². The Kier molecular flexibility index (Phi) is 4.42. The minimum Gasteiger partial charge on any atom is -0.326 e. The molecular formula is C13H19N3O3S. The van der Waals surface area contributed by atoms with E-state index in [1.165, 1.54) is 6.07 Å². The molecule has 1 heterocycles. The highest BCUT2D eigenvalue weighted by Gasteiger charge is 2.21. The van der Waals surface area contributed by atoms with Crippen LogP contribution in [0.3, 0.4) is 0 Å². The van der Waals surface area contributed by atoms with E-state index in [0.29, 0.717) is 17.8 Å². The molecule has 0 spiro atoms. The number of carbonyl (C=O) groups excluding carboxylic acids is 1. The van der Waals surface area contributed by atoms with Crippen molar-refractivity contribution in [2.45, 2.75) is 24.7 Å². The summed E-state index contributed by atoms with van der Waals surface area (Å²) < 4.78 is 22.9. The number of carbonyl (C=O) groups is 1. The second-order valence-corrected chi connectivity index (χ2v) is 6.59. The van der Waals surface area contributed by atoms with Crippen LogP contribution in [0.15, 0.2) is 23.1 Å². The Morgan fingerprint density at radius 3 is 2.80 bits per heavy atom. The van der Waals surface area contributed by atoms with Crippen molar-refractivity contribution in [2.24, 2.45) is 11.1 Å². The molecule has 2 rings (SSSR count). The first-order valence-corrected chi connectivity index (χ1v) is 8.07. The van der Waals surface area contributed by atoms with E-state index in [1.54, 1.807) is 19.1 Å². The zero-order valence-corrected chi connectivity index (χ0v) is 12.2.